The Balaban J connectivity index is 2.40. The summed E-state index contributed by atoms with van der Waals surface area (Å²) < 4.78 is 0. The lowest BCUT2D eigenvalue weighted by Gasteiger charge is -2.14. The van der Waals surface area contributed by atoms with Crippen LogP contribution in [0, 0.1) is 0 Å². The van der Waals surface area contributed by atoms with Gasteiger partial charge in [-0.2, -0.15) is 0 Å². The smallest absolute Gasteiger partial charge is 0.139 e. The molecule has 0 aliphatic heterocycles. The molecule has 0 aliphatic rings. The highest BCUT2D eigenvalue weighted by molar-refractivity contribution is 6.27. The Kier molecular flexibility index (Phi) is 2.63. The first-order valence-electron chi connectivity index (χ1n) is 7.25. The summed E-state index contributed by atoms with van der Waals surface area (Å²) in [6.45, 7) is 0. The van der Waals surface area contributed by atoms with Crippen LogP contribution in [-0.2, 0) is 0 Å². The van der Waals surface area contributed by atoms with Crippen molar-refractivity contribution in [3.63, 3.8) is 0 Å². The molecule has 24 heavy (non-hydrogen) atoms. The van der Waals surface area contributed by atoms with E-state index in [-0.39, 0.29) is 34.3 Å². The number of fused-ring (bicyclic) bond motifs is 6. The maximum Gasteiger partial charge on any atom is 0.139 e. The van der Waals surface area contributed by atoms with E-state index >= 15 is 0 Å². The summed E-state index contributed by atoms with van der Waals surface area (Å²) in [6, 6.07) is 9.59. The lowest BCUT2D eigenvalue weighted by atomic mass is 9.92. The topological polar surface area (TPSA) is 139 Å². The Hall–Kier alpha value is -3.54. The second kappa shape index (κ2) is 4.48. The van der Waals surface area contributed by atoms with Gasteiger partial charge in [0.15, 0.2) is 0 Å². The zero-order chi connectivity index (χ0) is 17.2. The number of phenols is 3. The Morgan fingerprint density at radius 2 is 0.625 bits per heavy atom. The van der Waals surface area contributed by atoms with Crippen molar-refractivity contribution in [2.45, 2.75) is 0 Å². The number of phenolic OH excluding ortho intramolecular Hbond substituents is 3. The predicted octanol–water partition coefficient (Wildman–Crippen LogP) is 3.01. The summed E-state index contributed by atoms with van der Waals surface area (Å²) in [5.74, 6) is -0.140. The summed E-state index contributed by atoms with van der Waals surface area (Å²) in [6.07, 6.45) is 0. The van der Waals surface area contributed by atoms with E-state index in [0.29, 0.717) is 16.2 Å². The van der Waals surface area contributed by atoms with E-state index in [0.717, 1.165) is 16.2 Å². The molecule has 120 valence electrons. The molecule has 9 N–H and O–H groups in total. The number of hydrogen-bond donors (Lipinski definition) is 6. The largest absolute Gasteiger partial charge is 0.506 e. The first kappa shape index (κ1) is 14.1. The number of nitrogen functional groups attached to an aromatic ring is 3. The minimum absolute atomic E-state index is 0.0468. The van der Waals surface area contributed by atoms with Crippen molar-refractivity contribution in [3.8, 4) is 17.2 Å². The Labute approximate surface area is 136 Å². The molecular weight excluding hydrogens is 306 g/mol. The lowest BCUT2D eigenvalue weighted by Crippen LogP contribution is -1.92. The van der Waals surface area contributed by atoms with Gasteiger partial charge in [0.05, 0.1) is 17.1 Å². The van der Waals surface area contributed by atoms with E-state index in [9.17, 15) is 15.3 Å². The average molecular weight is 321 g/mol. The molecule has 0 heterocycles. The normalized spacial score (nSPS) is 11.5. The molecule has 0 bridgehead atoms. The Bertz CT molecular complexity index is 902. The van der Waals surface area contributed by atoms with Gasteiger partial charge in [-0.05, 0) is 68.7 Å². The van der Waals surface area contributed by atoms with Crippen molar-refractivity contribution in [2.75, 3.05) is 17.2 Å². The van der Waals surface area contributed by atoms with Gasteiger partial charge in [-0.3, -0.25) is 0 Å². The summed E-state index contributed by atoms with van der Waals surface area (Å²) in [4.78, 5) is 0. The molecule has 0 fully saturated rings. The second-order valence-corrected chi connectivity index (χ2v) is 5.87. The third-order valence-electron chi connectivity index (χ3n) is 4.37. The maximum absolute atomic E-state index is 10.00. The summed E-state index contributed by atoms with van der Waals surface area (Å²) in [5.41, 5.74) is 18.2. The van der Waals surface area contributed by atoms with Crippen LogP contribution >= 0.6 is 0 Å². The molecule has 6 heteroatoms. The minimum atomic E-state index is -0.0468. The molecule has 0 unspecified atom stereocenters. The second-order valence-electron chi connectivity index (χ2n) is 5.87. The molecule has 0 aromatic heterocycles. The highest BCUT2D eigenvalue weighted by Gasteiger charge is 2.14. The highest BCUT2D eigenvalue weighted by atomic mass is 16.3. The maximum atomic E-state index is 10.00. The summed E-state index contributed by atoms with van der Waals surface area (Å²) >= 11 is 0. The lowest BCUT2D eigenvalue weighted by molar-refractivity contribution is 0.478. The molecule has 4 aromatic rings. The van der Waals surface area contributed by atoms with E-state index in [1.165, 1.54) is 0 Å². The van der Waals surface area contributed by atoms with Gasteiger partial charge < -0.3 is 32.5 Å². The van der Waals surface area contributed by atoms with Gasteiger partial charge in [0.2, 0.25) is 0 Å². The third-order valence-corrected chi connectivity index (χ3v) is 4.37. The average Bonchev–Trinajstić information content (AvgIpc) is 2.53. The van der Waals surface area contributed by atoms with Crippen LogP contribution in [0.25, 0.3) is 32.3 Å². The van der Waals surface area contributed by atoms with Gasteiger partial charge in [-0.1, -0.05) is 0 Å². The van der Waals surface area contributed by atoms with Gasteiger partial charge in [0.25, 0.3) is 0 Å². The van der Waals surface area contributed by atoms with Crippen LogP contribution in [0.2, 0.25) is 0 Å². The highest BCUT2D eigenvalue weighted by Crippen LogP contribution is 2.43. The van der Waals surface area contributed by atoms with Crippen LogP contribution in [-0.4, -0.2) is 15.3 Å². The molecule has 4 rings (SSSR count). The summed E-state index contributed by atoms with van der Waals surface area (Å²) in [5, 5.41) is 34.3. The van der Waals surface area contributed by atoms with Crippen molar-refractivity contribution >= 4 is 49.4 Å². The fourth-order valence-electron chi connectivity index (χ4n) is 3.15. The quantitative estimate of drug-likeness (QED) is 0.167. The molecule has 0 aliphatic carbocycles. The van der Waals surface area contributed by atoms with Gasteiger partial charge in [-0.25, -0.2) is 0 Å². The van der Waals surface area contributed by atoms with Crippen molar-refractivity contribution < 1.29 is 15.3 Å². The zero-order valence-electron chi connectivity index (χ0n) is 12.5. The summed E-state index contributed by atoms with van der Waals surface area (Å²) in [7, 11) is 0. The van der Waals surface area contributed by atoms with Crippen molar-refractivity contribution in [2.24, 2.45) is 0 Å². The molecule has 6 nitrogen and oxygen atoms in total. The van der Waals surface area contributed by atoms with Crippen molar-refractivity contribution in [1.29, 1.82) is 0 Å². The molecule has 0 amide bonds. The van der Waals surface area contributed by atoms with Gasteiger partial charge in [0.1, 0.15) is 17.2 Å². The molecule has 0 radical (unpaired) electrons. The molecule has 0 spiro atoms. The van der Waals surface area contributed by atoms with Crippen molar-refractivity contribution in [3.05, 3.63) is 36.4 Å². The number of benzene rings is 4. The van der Waals surface area contributed by atoms with Crippen LogP contribution in [0.4, 0.5) is 17.1 Å². The number of hydrogen-bond acceptors (Lipinski definition) is 6. The van der Waals surface area contributed by atoms with Crippen LogP contribution in [0.3, 0.4) is 0 Å². The first-order chi connectivity index (χ1) is 11.4. The zero-order valence-corrected chi connectivity index (χ0v) is 12.5. The van der Waals surface area contributed by atoms with E-state index in [1.54, 1.807) is 36.4 Å². The van der Waals surface area contributed by atoms with Crippen LogP contribution in [0.15, 0.2) is 36.4 Å². The number of anilines is 3. The molecule has 0 saturated heterocycles. The van der Waals surface area contributed by atoms with Gasteiger partial charge in [-0.15, -0.1) is 0 Å². The third kappa shape index (κ3) is 1.77. The van der Waals surface area contributed by atoms with Gasteiger partial charge in [0, 0.05) is 0 Å². The SMILES string of the molecule is Nc1cc2c(cc1O)c1cc(N)c(O)cc1c1cc(N)c(O)cc21. The van der Waals surface area contributed by atoms with Gasteiger partial charge >= 0.3 is 0 Å². The number of aromatic hydroxyl groups is 3. The fraction of sp³-hybridized carbons (Fsp3) is 0. The van der Waals surface area contributed by atoms with E-state index in [4.69, 9.17) is 17.2 Å². The van der Waals surface area contributed by atoms with Crippen LogP contribution in [0.1, 0.15) is 0 Å². The predicted molar refractivity (Wildman–Crippen MR) is 97.2 cm³/mol. The van der Waals surface area contributed by atoms with E-state index < -0.39 is 0 Å². The molecule has 0 saturated carbocycles. The number of rotatable bonds is 0. The Morgan fingerprint density at radius 3 is 0.875 bits per heavy atom. The molecular formula is C18H15N3O3. The number of nitrogens with two attached hydrogens (primary N) is 3. The van der Waals surface area contributed by atoms with Crippen LogP contribution in [0.5, 0.6) is 17.2 Å². The minimum Gasteiger partial charge on any atom is -0.506 e. The molecule has 0 atom stereocenters. The van der Waals surface area contributed by atoms with Crippen LogP contribution < -0.4 is 17.2 Å². The monoisotopic (exact) mass is 321 g/mol. The van der Waals surface area contributed by atoms with E-state index in [2.05, 4.69) is 0 Å². The van der Waals surface area contributed by atoms with E-state index in [1.807, 2.05) is 0 Å². The first-order valence-corrected chi connectivity index (χ1v) is 7.25. The fourth-order valence-corrected chi connectivity index (χ4v) is 3.15. The molecule has 4 aromatic carbocycles. The Morgan fingerprint density at radius 1 is 0.417 bits per heavy atom. The standard InChI is InChI=1S/C18H15N3O3/c19-13-1-7-10(4-16(13)22)8-2-15(21)18(24)6-12(8)9-3-14(20)17(23)5-11(7)9/h1-6,22-24H,19-21H2. The van der Waals surface area contributed by atoms with Crippen molar-refractivity contribution in [1.82, 2.24) is 0 Å².